The molecule has 0 saturated carbocycles. The molecule has 1 rings (SSSR count). The Hall–Kier alpha value is -2.02. The molecule has 4 heteroatoms. The largest absolute Gasteiger partial charge is 0.333 e. The predicted molar refractivity (Wildman–Crippen MR) is 63.1 cm³/mol. The van der Waals surface area contributed by atoms with Crippen molar-refractivity contribution < 1.29 is 4.79 Å². The fraction of sp³-hybridized carbons (Fsp3) is 0.333. The summed E-state index contributed by atoms with van der Waals surface area (Å²) in [5.41, 5.74) is 0.671. The zero-order chi connectivity index (χ0) is 12.2. The Morgan fingerprint density at radius 2 is 1.94 bits per heavy atom. The molecule has 0 bridgehead atoms. The lowest BCUT2D eigenvalue weighted by atomic mass is 10.1. The summed E-state index contributed by atoms with van der Waals surface area (Å²) >= 11 is 0. The molecule has 2 N–H and O–H groups in total. The average molecular weight is 217 g/mol. The molecular formula is C12H15N3O. The minimum Gasteiger partial charge on any atom is -0.333 e. The van der Waals surface area contributed by atoms with Crippen LogP contribution in [0, 0.1) is 11.3 Å². The van der Waals surface area contributed by atoms with Crippen LogP contribution in [0.25, 0.3) is 0 Å². The Bertz CT molecular complexity index is 427. The van der Waals surface area contributed by atoms with Crippen molar-refractivity contribution in [3.05, 3.63) is 29.8 Å². The fourth-order valence-electron chi connectivity index (χ4n) is 1.18. The van der Waals surface area contributed by atoms with E-state index >= 15 is 0 Å². The number of nitriles is 1. The first-order valence-electron chi connectivity index (χ1n) is 5.01. The van der Waals surface area contributed by atoms with Crippen LogP contribution in [-0.4, -0.2) is 11.6 Å². The van der Waals surface area contributed by atoms with E-state index in [0.717, 1.165) is 0 Å². The number of para-hydroxylation sites is 1. The molecule has 16 heavy (non-hydrogen) atoms. The van der Waals surface area contributed by atoms with E-state index in [1.165, 1.54) is 0 Å². The van der Waals surface area contributed by atoms with Gasteiger partial charge in [0.2, 0.25) is 0 Å². The number of rotatable bonds is 1. The monoisotopic (exact) mass is 217 g/mol. The molecule has 1 aromatic rings. The molecule has 0 saturated heterocycles. The maximum atomic E-state index is 11.6. The van der Waals surface area contributed by atoms with Crippen LogP contribution in [0.4, 0.5) is 10.5 Å². The van der Waals surface area contributed by atoms with E-state index in [4.69, 9.17) is 5.26 Å². The SMILES string of the molecule is CC(C)(C)NC(=O)Nc1ccccc1C#N. The maximum absolute atomic E-state index is 11.6. The highest BCUT2D eigenvalue weighted by molar-refractivity contribution is 5.91. The first-order valence-corrected chi connectivity index (χ1v) is 5.01. The molecule has 0 radical (unpaired) electrons. The molecule has 1 aromatic carbocycles. The number of carbonyl (C=O) groups is 1. The molecule has 0 fully saturated rings. The second-order valence-electron chi connectivity index (χ2n) is 4.49. The van der Waals surface area contributed by atoms with Crippen molar-refractivity contribution in [2.45, 2.75) is 26.3 Å². The van der Waals surface area contributed by atoms with Crippen LogP contribution in [0.1, 0.15) is 26.3 Å². The van der Waals surface area contributed by atoms with Crippen molar-refractivity contribution in [1.29, 1.82) is 5.26 Å². The standard InChI is InChI=1S/C12H15N3O/c1-12(2,3)15-11(16)14-10-7-5-4-6-9(10)8-13/h4-7H,1-3H3,(H2,14,15,16). The van der Waals surface area contributed by atoms with Gasteiger partial charge in [0.1, 0.15) is 6.07 Å². The summed E-state index contributed by atoms with van der Waals surface area (Å²) in [5, 5.41) is 14.2. The van der Waals surface area contributed by atoms with Crippen LogP contribution in [-0.2, 0) is 0 Å². The third-order valence-electron chi connectivity index (χ3n) is 1.78. The highest BCUT2D eigenvalue weighted by Crippen LogP contribution is 2.13. The Morgan fingerprint density at radius 1 is 1.31 bits per heavy atom. The van der Waals surface area contributed by atoms with Crippen LogP contribution in [0.5, 0.6) is 0 Å². The molecule has 2 amide bonds. The van der Waals surface area contributed by atoms with E-state index < -0.39 is 0 Å². The van der Waals surface area contributed by atoms with Gasteiger partial charge < -0.3 is 10.6 Å². The lowest BCUT2D eigenvalue weighted by molar-refractivity contribution is 0.244. The predicted octanol–water partition coefficient (Wildman–Crippen LogP) is 2.48. The van der Waals surface area contributed by atoms with E-state index in [1.807, 2.05) is 26.8 Å². The first kappa shape index (κ1) is 12.1. The normalized spacial score (nSPS) is 10.4. The summed E-state index contributed by atoms with van der Waals surface area (Å²) in [7, 11) is 0. The third kappa shape index (κ3) is 3.62. The van der Waals surface area contributed by atoms with Gasteiger partial charge in [-0.1, -0.05) is 12.1 Å². The number of urea groups is 1. The van der Waals surface area contributed by atoms with E-state index in [1.54, 1.807) is 24.3 Å². The number of benzene rings is 1. The minimum absolute atomic E-state index is 0.300. The Morgan fingerprint density at radius 3 is 2.50 bits per heavy atom. The van der Waals surface area contributed by atoms with Gasteiger partial charge in [-0.05, 0) is 32.9 Å². The minimum atomic E-state index is -0.310. The van der Waals surface area contributed by atoms with Crippen LogP contribution >= 0.6 is 0 Å². The van der Waals surface area contributed by atoms with Crippen LogP contribution in [0.3, 0.4) is 0 Å². The molecule has 0 aliphatic carbocycles. The molecule has 0 aromatic heterocycles. The number of nitrogens with one attached hydrogen (secondary N) is 2. The summed E-state index contributed by atoms with van der Waals surface area (Å²) in [6, 6.07) is 8.59. The number of amides is 2. The molecule has 0 spiro atoms. The lowest BCUT2D eigenvalue weighted by Gasteiger charge is -2.20. The zero-order valence-corrected chi connectivity index (χ0v) is 9.66. The third-order valence-corrected chi connectivity index (χ3v) is 1.78. The average Bonchev–Trinajstić information content (AvgIpc) is 2.15. The van der Waals surface area contributed by atoms with Crippen molar-refractivity contribution in [1.82, 2.24) is 5.32 Å². The van der Waals surface area contributed by atoms with Gasteiger partial charge >= 0.3 is 6.03 Å². The molecule has 0 aliphatic rings. The van der Waals surface area contributed by atoms with Gasteiger partial charge in [-0.25, -0.2) is 4.79 Å². The van der Waals surface area contributed by atoms with Crippen LogP contribution in [0.2, 0.25) is 0 Å². The van der Waals surface area contributed by atoms with Gasteiger partial charge in [-0.15, -0.1) is 0 Å². The highest BCUT2D eigenvalue weighted by atomic mass is 16.2. The molecule has 0 heterocycles. The molecule has 0 atom stereocenters. The lowest BCUT2D eigenvalue weighted by Crippen LogP contribution is -2.43. The van der Waals surface area contributed by atoms with Crippen LogP contribution in [0.15, 0.2) is 24.3 Å². The summed E-state index contributed by atoms with van der Waals surface area (Å²) < 4.78 is 0. The van der Waals surface area contributed by atoms with Gasteiger partial charge in [0.05, 0.1) is 11.3 Å². The number of hydrogen-bond acceptors (Lipinski definition) is 2. The van der Waals surface area contributed by atoms with E-state index in [9.17, 15) is 4.79 Å². The number of hydrogen-bond donors (Lipinski definition) is 2. The Kier molecular flexibility index (Phi) is 3.51. The number of carbonyl (C=O) groups excluding carboxylic acids is 1. The molecule has 4 nitrogen and oxygen atoms in total. The Labute approximate surface area is 95.3 Å². The quantitative estimate of drug-likeness (QED) is 0.759. The van der Waals surface area contributed by atoms with Gasteiger partial charge in [-0.2, -0.15) is 5.26 Å². The van der Waals surface area contributed by atoms with Gasteiger partial charge in [0.15, 0.2) is 0 Å². The maximum Gasteiger partial charge on any atom is 0.319 e. The number of anilines is 1. The summed E-state index contributed by atoms with van der Waals surface area (Å²) in [6.07, 6.45) is 0. The molecule has 0 aliphatic heterocycles. The second-order valence-corrected chi connectivity index (χ2v) is 4.49. The second kappa shape index (κ2) is 4.67. The Balaban J connectivity index is 2.75. The van der Waals surface area contributed by atoms with Gasteiger partial charge in [-0.3, -0.25) is 0 Å². The van der Waals surface area contributed by atoms with E-state index in [-0.39, 0.29) is 11.6 Å². The number of nitrogens with zero attached hydrogens (tertiary/aromatic N) is 1. The fourth-order valence-corrected chi connectivity index (χ4v) is 1.18. The van der Waals surface area contributed by atoms with Crippen molar-refractivity contribution in [2.24, 2.45) is 0 Å². The smallest absolute Gasteiger partial charge is 0.319 e. The van der Waals surface area contributed by atoms with Crippen molar-refractivity contribution in [3.8, 4) is 6.07 Å². The van der Waals surface area contributed by atoms with Crippen molar-refractivity contribution in [2.75, 3.05) is 5.32 Å². The molecule has 84 valence electrons. The highest BCUT2D eigenvalue weighted by Gasteiger charge is 2.14. The van der Waals surface area contributed by atoms with Crippen LogP contribution < -0.4 is 10.6 Å². The molecule has 0 unspecified atom stereocenters. The van der Waals surface area contributed by atoms with E-state index in [0.29, 0.717) is 11.3 Å². The summed E-state index contributed by atoms with van der Waals surface area (Å²) in [5.74, 6) is 0. The van der Waals surface area contributed by atoms with E-state index in [2.05, 4.69) is 10.6 Å². The van der Waals surface area contributed by atoms with Gasteiger partial charge in [0, 0.05) is 5.54 Å². The van der Waals surface area contributed by atoms with Crippen molar-refractivity contribution in [3.63, 3.8) is 0 Å². The summed E-state index contributed by atoms with van der Waals surface area (Å²) in [6.45, 7) is 5.67. The molecular weight excluding hydrogens is 202 g/mol. The van der Waals surface area contributed by atoms with Crippen molar-refractivity contribution >= 4 is 11.7 Å². The van der Waals surface area contributed by atoms with Gasteiger partial charge in [0.25, 0.3) is 0 Å². The zero-order valence-electron chi connectivity index (χ0n) is 9.66. The topological polar surface area (TPSA) is 64.9 Å². The first-order chi connectivity index (χ1) is 7.42. The summed E-state index contributed by atoms with van der Waals surface area (Å²) in [4.78, 5) is 11.6.